The molecule has 0 spiro atoms. The van der Waals surface area contributed by atoms with Crippen molar-refractivity contribution >= 4 is 16.9 Å². The van der Waals surface area contributed by atoms with Crippen molar-refractivity contribution in [2.75, 3.05) is 6.61 Å². The van der Waals surface area contributed by atoms with Crippen molar-refractivity contribution < 1.29 is 23.4 Å². The molecule has 0 saturated heterocycles. The van der Waals surface area contributed by atoms with Crippen molar-refractivity contribution in [1.29, 1.82) is 0 Å². The molecular weight excluding hydrogens is 402 g/mol. The summed E-state index contributed by atoms with van der Waals surface area (Å²) >= 11 is 0. The first kappa shape index (κ1) is 20.7. The van der Waals surface area contributed by atoms with Gasteiger partial charge in [0.2, 0.25) is 0 Å². The van der Waals surface area contributed by atoms with Gasteiger partial charge in [-0.05, 0) is 48.4 Å². The monoisotopic (exact) mass is 422 g/mol. The number of aliphatic hydroxyl groups is 1. The zero-order chi connectivity index (χ0) is 22.0. The number of aliphatic hydroxyl groups excluding tert-OH is 1. The Morgan fingerprint density at radius 3 is 2.39 bits per heavy atom. The van der Waals surface area contributed by atoms with Crippen LogP contribution in [0, 0.1) is 11.6 Å². The first-order valence-electron chi connectivity index (χ1n) is 9.80. The van der Waals surface area contributed by atoms with Gasteiger partial charge >= 0.3 is 5.97 Å². The van der Waals surface area contributed by atoms with E-state index in [9.17, 15) is 18.7 Å². The van der Waals surface area contributed by atoms with E-state index in [0.717, 1.165) is 5.56 Å². The Balaban J connectivity index is 1.81. The molecule has 4 aromatic rings. The van der Waals surface area contributed by atoms with E-state index >= 15 is 0 Å². The van der Waals surface area contributed by atoms with Crippen molar-refractivity contribution in [2.45, 2.75) is 19.6 Å². The Hall–Kier alpha value is -3.58. The molecule has 0 fully saturated rings. The average Bonchev–Trinajstić information content (AvgIpc) is 3.13. The lowest BCUT2D eigenvalue weighted by Crippen LogP contribution is -2.07. The quantitative estimate of drug-likeness (QED) is 0.461. The molecule has 5 nitrogen and oxygen atoms in total. The van der Waals surface area contributed by atoms with E-state index in [1.54, 1.807) is 31.3 Å². The summed E-state index contributed by atoms with van der Waals surface area (Å²) in [6, 6.07) is 13.3. The Bertz CT molecular complexity index is 1220. The van der Waals surface area contributed by atoms with Crippen LogP contribution in [0.4, 0.5) is 8.78 Å². The number of pyridine rings is 1. The molecule has 0 radical (unpaired) electrons. The van der Waals surface area contributed by atoms with E-state index in [1.807, 2.05) is 4.57 Å². The van der Waals surface area contributed by atoms with Gasteiger partial charge in [0.25, 0.3) is 0 Å². The van der Waals surface area contributed by atoms with Crippen LogP contribution in [-0.4, -0.2) is 27.2 Å². The number of hydrogen-bond acceptors (Lipinski definition) is 4. The van der Waals surface area contributed by atoms with Crippen molar-refractivity contribution in [1.82, 2.24) is 9.55 Å². The second-order valence-corrected chi connectivity index (χ2v) is 7.10. The van der Waals surface area contributed by atoms with E-state index in [2.05, 4.69) is 4.98 Å². The van der Waals surface area contributed by atoms with Crippen molar-refractivity contribution in [3.05, 3.63) is 101 Å². The summed E-state index contributed by atoms with van der Waals surface area (Å²) in [5.74, 6) is -1.27. The summed E-state index contributed by atoms with van der Waals surface area (Å²) in [4.78, 5) is 16.4. The van der Waals surface area contributed by atoms with Crippen LogP contribution in [0.3, 0.4) is 0 Å². The minimum absolute atomic E-state index is 0.149. The summed E-state index contributed by atoms with van der Waals surface area (Å²) in [6.07, 6.45) is 2.26. The van der Waals surface area contributed by atoms with Gasteiger partial charge in [-0.1, -0.05) is 24.3 Å². The molecule has 1 atom stereocenters. The summed E-state index contributed by atoms with van der Waals surface area (Å²) in [5.41, 5.74) is 2.74. The molecule has 0 aliphatic rings. The molecule has 1 N–H and O–H groups in total. The van der Waals surface area contributed by atoms with Crippen molar-refractivity contribution in [3.63, 3.8) is 0 Å². The second-order valence-electron chi connectivity index (χ2n) is 7.10. The molecule has 1 unspecified atom stereocenters. The molecule has 0 aliphatic carbocycles. The fourth-order valence-electron chi connectivity index (χ4n) is 3.49. The topological polar surface area (TPSA) is 64.3 Å². The number of rotatable bonds is 6. The molecule has 0 saturated carbocycles. The van der Waals surface area contributed by atoms with Crippen LogP contribution in [0.1, 0.15) is 40.2 Å². The van der Waals surface area contributed by atoms with Gasteiger partial charge in [-0.25, -0.2) is 18.6 Å². The van der Waals surface area contributed by atoms with Crippen molar-refractivity contribution in [2.24, 2.45) is 0 Å². The second kappa shape index (κ2) is 8.65. The summed E-state index contributed by atoms with van der Waals surface area (Å²) < 4.78 is 33.5. The molecule has 2 aromatic carbocycles. The van der Waals surface area contributed by atoms with Crippen LogP contribution in [0.2, 0.25) is 0 Å². The predicted octanol–water partition coefficient (Wildman–Crippen LogP) is 4.62. The Morgan fingerprint density at radius 2 is 1.74 bits per heavy atom. The van der Waals surface area contributed by atoms with Crippen LogP contribution in [0.15, 0.2) is 67.0 Å². The number of hydrogen-bond donors (Lipinski definition) is 1. The number of halogens is 2. The SMILES string of the molecule is CCOC(=O)c1cc2c(cn1)c(C(O)c1ccc(F)cc1)cn2Cc1ccc(F)cc1. The van der Waals surface area contributed by atoms with E-state index < -0.39 is 17.9 Å². The smallest absolute Gasteiger partial charge is 0.356 e. The zero-order valence-electron chi connectivity index (χ0n) is 16.8. The Morgan fingerprint density at radius 1 is 1.10 bits per heavy atom. The largest absolute Gasteiger partial charge is 0.461 e. The number of ether oxygens (including phenoxy) is 1. The first-order chi connectivity index (χ1) is 15.0. The highest BCUT2D eigenvalue weighted by Crippen LogP contribution is 2.31. The summed E-state index contributed by atoms with van der Waals surface area (Å²) in [6.45, 7) is 2.33. The zero-order valence-corrected chi connectivity index (χ0v) is 16.8. The number of esters is 1. The summed E-state index contributed by atoms with van der Waals surface area (Å²) in [7, 11) is 0. The van der Waals surface area contributed by atoms with E-state index in [-0.39, 0.29) is 18.1 Å². The minimum Gasteiger partial charge on any atom is -0.461 e. The number of nitrogens with zero attached hydrogens (tertiary/aromatic N) is 2. The number of fused-ring (bicyclic) bond motifs is 1. The summed E-state index contributed by atoms with van der Waals surface area (Å²) in [5, 5.41) is 11.6. The van der Waals surface area contributed by atoms with E-state index in [4.69, 9.17) is 4.74 Å². The van der Waals surface area contributed by atoms with Gasteiger partial charge < -0.3 is 14.4 Å². The predicted molar refractivity (Wildman–Crippen MR) is 112 cm³/mol. The minimum atomic E-state index is -1.02. The van der Waals surface area contributed by atoms with Crippen LogP contribution in [0.25, 0.3) is 10.9 Å². The molecule has 2 heterocycles. The van der Waals surface area contributed by atoms with Gasteiger partial charge in [0.1, 0.15) is 23.4 Å². The Kier molecular flexibility index (Phi) is 5.77. The molecule has 0 bridgehead atoms. The van der Waals surface area contributed by atoms with Crippen LogP contribution in [-0.2, 0) is 11.3 Å². The molecule has 31 heavy (non-hydrogen) atoms. The molecule has 0 amide bonds. The number of benzene rings is 2. The maximum atomic E-state index is 13.3. The normalized spacial score (nSPS) is 12.1. The van der Waals surface area contributed by atoms with Gasteiger partial charge in [0.15, 0.2) is 0 Å². The van der Waals surface area contributed by atoms with Gasteiger partial charge in [-0.2, -0.15) is 0 Å². The standard InChI is InChI=1S/C24H20F2N2O3/c1-2-31-24(30)21-11-22-19(12-27-21)20(23(29)16-5-9-18(26)10-6-16)14-28(22)13-15-3-7-17(25)8-4-15/h3-12,14,23,29H,2,13H2,1H3. The highest BCUT2D eigenvalue weighted by atomic mass is 19.1. The van der Waals surface area contributed by atoms with Crippen molar-refractivity contribution in [3.8, 4) is 0 Å². The highest BCUT2D eigenvalue weighted by Gasteiger charge is 2.20. The first-order valence-corrected chi connectivity index (χ1v) is 9.80. The molecule has 4 rings (SSSR count). The third kappa shape index (κ3) is 4.32. The lowest BCUT2D eigenvalue weighted by molar-refractivity contribution is 0.0519. The average molecular weight is 422 g/mol. The molecule has 158 valence electrons. The van der Waals surface area contributed by atoms with Crippen LogP contribution in [0.5, 0.6) is 0 Å². The Labute approximate surface area is 177 Å². The third-order valence-corrected chi connectivity index (χ3v) is 5.03. The van der Waals surface area contributed by atoms with E-state index in [0.29, 0.717) is 28.6 Å². The number of carbonyl (C=O) groups is 1. The van der Waals surface area contributed by atoms with Gasteiger partial charge in [-0.3, -0.25) is 0 Å². The fourth-order valence-corrected chi connectivity index (χ4v) is 3.49. The fraction of sp³-hybridized carbons (Fsp3) is 0.167. The maximum Gasteiger partial charge on any atom is 0.356 e. The van der Waals surface area contributed by atoms with Gasteiger partial charge in [0, 0.05) is 29.9 Å². The highest BCUT2D eigenvalue weighted by molar-refractivity contribution is 5.93. The van der Waals surface area contributed by atoms with Gasteiger partial charge in [0.05, 0.1) is 12.1 Å². The lowest BCUT2D eigenvalue weighted by Gasteiger charge is -2.10. The van der Waals surface area contributed by atoms with Crippen LogP contribution >= 0.6 is 0 Å². The number of carbonyl (C=O) groups excluding carboxylic acids is 1. The number of aromatic nitrogens is 2. The third-order valence-electron chi connectivity index (χ3n) is 5.03. The maximum absolute atomic E-state index is 13.3. The molecule has 2 aromatic heterocycles. The van der Waals surface area contributed by atoms with Crippen LogP contribution < -0.4 is 0 Å². The lowest BCUT2D eigenvalue weighted by atomic mass is 10.0. The molecular formula is C24H20F2N2O3. The molecule has 7 heteroatoms. The van der Waals surface area contributed by atoms with Gasteiger partial charge in [-0.15, -0.1) is 0 Å². The van der Waals surface area contributed by atoms with E-state index in [1.165, 1.54) is 42.6 Å². The molecule has 0 aliphatic heterocycles.